The number of likely N-dealkylation sites (tertiary alicyclic amines) is 1. The summed E-state index contributed by atoms with van der Waals surface area (Å²) in [4.78, 5) is 19.8. The second kappa shape index (κ2) is 6.90. The fourth-order valence-electron chi connectivity index (χ4n) is 3.58. The number of aromatic nitrogens is 3. The van der Waals surface area contributed by atoms with Crippen molar-refractivity contribution in [1.29, 1.82) is 0 Å². The number of carbonyl (C=O) groups excluding carboxylic acids is 1. The molecule has 0 aliphatic carbocycles. The van der Waals surface area contributed by atoms with Crippen molar-refractivity contribution < 1.29 is 9.90 Å². The summed E-state index contributed by atoms with van der Waals surface area (Å²) in [6, 6.07) is 10.1. The Hall–Kier alpha value is -1.70. The van der Waals surface area contributed by atoms with Gasteiger partial charge in [-0.05, 0) is 18.4 Å². The van der Waals surface area contributed by atoms with Crippen molar-refractivity contribution in [2.45, 2.75) is 48.7 Å². The van der Waals surface area contributed by atoms with E-state index in [0.29, 0.717) is 11.0 Å². The number of aliphatic hydroxyl groups is 1. The van der Waals surface area contributed by atoms with E-state index in [2.05, 4.69) is 27.1 Å². The second-order valence-corrected chi connectivity index (χ2v) is 7.68. The summed E-state index contributed by atoms with van der Waals surface area (Å²) in [6.07, 6.45) is 1.99. The highest BCUT2D eigenvalue weighted by Gasteiger charge is 2.43. The molecule has 0 spiro atoms. The van der Waals surface area contributed by atoms with E-state index in [0.717, 1.165) is 37.9 Å². The van der Waals surface area contributed by atoms with Crippen molar-refractivity contribution in [1.82, 2.24) is 19.7 Å². The summed E-state index contributed by atoms with van der Waals surface area (Å²) in [5, 5.41) is 14.6. The first-order chi connectivity index (χ1) is 12.2. The monoisotopic (exact) mass is 358 g/mol. The lowest BCUT2D eigenvalue weighted by molar-refractivity contribution is 0.0551. The van der Waals surface area contributed by atoms with Crippen molar-refractivity contribution in [3.63, 3.8) is 0 Å². The molecule has 0 amide bonds. The van der Waals surface area contributed by atoms with Crippen LogP contribution in [0.5, 0.6) is 0 Å². The number of carbonyl (C=O) groups is 1. The fourth-order valence-corrected chi connectivity index (χ4v) is 4.86. The number of aliphatic hydroxyl groups excluding tert-OH is 1. The molecule has 3 heterocycles. The fraction of sp³-hybridized carbons (Fsp3) is 0.500. The van der Waals surface area contributed by atoms with Crippen LogP contribution in [0.1, 0.15) is 42.0 Å². The molecule has 0 radical (unpaired) electrons. The van der Waals surface area contributed by atoms with Gasteiger partial charge in [0.1, 0.15) is 5.25 Å². The summed E-state index contributed by atoms with van der Waals surface area (Å²) in [7, 11) is 0. The summed E-state index contributed by atoms with van der Waals surface area (Å²) in [5.74, 6) is 0.721. The highest BCUT2D eigenvalue weighted by atomic mass is 32.2. The van der Waals surface area contributed by atoms with Gasteiger partial charge in [0.15, 0.2) is 11.0 Å². The van der Waals surface area contributed by atoms with Crippen LogP contribution in [-0.2, 0) is 6.42 Å². The van der Waals surface area contributed by atoms with E-state index in [-0.39, 0.29) is 23.3 Å². The van der Waals surface area contributed by atoms with Gasteiger partial charge in [-0.1, -0.05) is 49.0 Å². The van der Waals surface area contributed by atoms with E-state index in [1.54, 1.807) is 0 Å². The third-order valence-corrected chi connectivity index (χ3v) is 6.13. The Balaban J connectivity index is 1.65. The van der Waals surface area contributed by atoms with Crippen LogP contribution in [0.15, 0.2) is 35.5 Å². The summed E-state index contributed by atoms with van der Waals surface area (Å²) >= 11 is 1.51. The number of thioether (sulfide) groups is 1. The van der Waals surface area contributed by atoms with Crippen molar-refractivity contribution in [3.8, 4) is 0 Å². The number of hydrogen-bond donors (Lipinski definition) is 1. The summed E-state index contributed by atoms with van der Waals surface area (Å²) < 4.78 is 1.48. The van der Waals surface area contributed by atoms with Crippen LogP contribution in [0.4, 0.5) is 0 Å². The SMILES string of the molecule is CCc1nc2n(n1)C(=O)C(C(c1ccccc1)N1CCC(O)CC1)S2. The van der Waals surface area contributed by atoms with E-state index < -0.39 is 0 Å². The third kappa shape index (κ3) is 3.12. The molecule has 6 nitrogen and oxygen atoms in total. The molecule has 7 heteroatoms. The van der Waals surface area contributed by atoms with Gasteiger partial charge in [0.25, 0.3) is 5.91 Å². The van der Waals surface area contributed by atoms with Gasteiger partial charge >= 0.3 is 0 Å². The van der Waals surface area contributed by atoms with E-state index in [1.807, 2.05) is 25.1 Å². The van der Waals surface area contributed by atoms with Crippen molar-refractivity contribution in [2.75, 3.05) is 13.1 Å². The van der Waals surface area contributed by atoms with Gasteiger partial charge in [-0.25, -0.2) is 4.98 Å². The molecule has 1 N–H and O–H groups in total. The van der Waals surface area contributed by atoms with Crippen molar-refractivity contribution in [2.24, 2.45) is 0 Å². The van der Waals surface area contributed by atoms with Crippen LogP contribution >= 0.6 is 11.8 Å². The topological polar surface area (TPSA) is 71.2 Å². The molecule has 1 fully saturated rings. The maximum absolute atomic E-state index is 13.0. The lowest BCUT2D eigenvalue weighted by atomic mass is 9.97. The number of rotatable bonds is 4. The molecule has 2 aromatic rings. The Morgan fingerprint density at radius 3 is 2.64 bits per heavy atom. The number of fused-ring (bicyclic) bond motifs is 1. The molecule has 2 atom stereocenters. The van der Waals surface area contributed by atoms with Crippen LogP contribution in [0.2, 0.25) is 0 Å². The van der Waals surface area contributed by atoms with Crippen molar-refractivity contribution in [3.05, 3.63) is 41.7 Å². The zero-order valence-corrected chi connectivity index (χ0v) is 15.0. The third-order valence-electron chi connectivity index (χ3n) is 4.94. The van der Waals surface area contributed by atoms with Gasteiger partial charge in [0.05, 0.1) is 12.1 Å². The van der Waals surface area contributed by atoms with Crippen LogP contribution in [-0.4, -0.2) is 55.1 Å². The molecular formula is C18H22N4O2S. The predicted molar refractivity (Wildman–Crippen MR) is 95.7 cm³/mol. The maximum Gasteiger partial charge on any atom is 0.264 e. The standard InChI is InChI=1S/C18H22N4O2S/c1-2-14-19-18-22(20-14)17(24)16(25-18)15(12-6-4-3-5-7-12)21-10-8-13(23)9-11-21/h3-7,13,15-16,23H,2,8-11H2,1H3. The lowest BCUT2D eigenvalue weighted by Crippen LogP contribution is -2.44. The molecule has 0 bridgehead atoms. The lowest BCUT2D eigenvalue weighted by Gasteiger charge is -2.38. The molecule has 4 rings (SSSR count). The minimum Gasteiger partial charge on any atom is -0.393 e. The molecule has 1 aromatic heterocycles. The number of nitrogens with zero attached hydrogens (tertiary/aromatic N) is 4. The Labute approximate surface area is 151 Å². The Bertz CT molecular complexity index is 756. The highest BCUT2D eigenvalue weighted by molar-refractivity contribution is 8.00. The Morgan fingerprint density at radius 1 is 1.28 bits per heavy atom. The highest BCUT2D eigenvalue weighted by Crippen LogP contribution is 2.41. The van der Waals surface area contributed by atoms with Crippen LogP contribution < -0.4 is 0 Å². The van der Waals surface area contributed by atoms with Gasteiger partial charge in [-0.2, -0.15) is 4.68 Å². The number of benzene rings is 1. The smallest absolute Gasteiger partial charge is 0.264 e. The quantitative estimate of drug-likeness (QED) is 0.903. The molecular weight excluding hydrogens is 336 g/mol. The van der Waals surface area contributed by atoms with Crippen LogP contribution in [0.25, 0.3) is 0 Å². The zero-order valence-electron chi connectivity index (χ0n) is 14.2. The first-order valence-electron chi connectivity index (χ1n) is 8.81. The van der Waals surface area contributed by atoms with Gasteiger partial charge in [0, 0.05) is 19.5 Å². The van der Waals surface area contributed by atoms with E-state index in [1.165, 1.54) is 16.4 Å². The van der Waals surface area contributed by atoms with Crippen LogP contribution in [0.3, 0.4) is 0 Å². The van der Waals surface area contributed by atoms with Crippen LogP contribution in [0, 0.1) is 0 Å². The molecule has 1 aromatic carbocycles. The number of piperidine rings is 1. The molecule has 2 aliphatic rings. The van der Waals surface area contributed by atoms with Crippen molar-refractivity contribution >= 4 is 17.7 Å². The normalized spacial score (nSPS) is 23.0. The summed E-state index contributed by atoms with van der Waals surface area (Å²) in [5.41, 5.74) is 1.13. The minimum absolute atomic E-state index is 0.00664. The van der Waals surface area contributed by atoms with Gasteiger partial charge in [-0.3, -0.25) is 9.69 Å². The molecule has 132 valence electrons. The van der Waals surface area contributed by atoms with E-state index in [9.17, 15) is 9.90 Å². The average Bonchev–Trinajstić information content (AvgIpc) is 3.18. The molecule has 25 heavy (non-hydrogen) atoms. The molecule has 2 aliphatic heterocycles. The Morgan fingerprint density at radius 2 is 2.00 bits per heavy atom. The first kappa shape index (κ1) is 16.8. The van der Waals surface area contributed by atoms with Gasteiger partial charge in [0.2, 0.25) is 0 Å². The second-order valence-electron chi connectivity index (χ2n) is 6.58. The average molecular weight is 358 g/mol. The van der Waals surface area contributed by atoms with E-state index >= 15 is 0 Å². The molecule has 2 unspecified atom stereocenters. The maximum atomic E-state index is 13.0. The first-order valence-corrected chi connectivity index (χ1v) is 9.69. The van der Waals surface area contributed by atoms with Gasteiger partial charge < -0.3 is 5.11 Å². The summed E-state index contributed by atoms with van der Waals surface area (Å²) in [6.45, 7) is 3.57. The molecule has 0 saturated carbocycles. The zero-order chi connectivity index (χ0) is 17.4. The predicted octanol–water partition coefficient (Wildman–Crippen LogP) is 2.15. The number of hydrogen-bond acceptors (Lipinski definition) is 6. The molecule has 1 saturated heterocycles. The van der Waals surface area contributed by atoms with E-state index in [4.69, 9.17) is 0 Å². The largest absolute Gasteiger partial charge is 0.393 e. The van der Waals surface area contributed by atoms with Gasteiger partial charge in [-0.15, -0.1) is 5.10 Å². The Kier molecular flexibility index (Phi) is 4.62. The minimum atomic E-state index is -0.251. The number of aryl methyl sites for hydroxylation is 1.